The number of hydrogen-bond donors (Lipinski definition) is 1. The van der Waals surface area contributed by atoms with Gasteiger partial charge in [0.25, 0.3) is 0 Å². The number of para-hydroxylation sites is 1. The molecule has 0 aromatic heterocycles. The van der Waals surface area contributed by atoms with Gasteiger partial charge >= 0.3 is 5.97 Å². The van der Waals surface area contributed by atoms with Gasteiger partial charge in [-0.2, -0.15) is 0 Å². The summed E-state index contributed by atoms with van der Waals surface area (Å²) in [6, 6.07) is 7.33. The molecule has 0 bridgehead atoms. The van der Waals surface area contributed by atoms with E-state index in [0.29, 0.717) is 0 Å². The fourth-order valence-electron chi connectivity index (χ4n) is 2.70. The van der Waals surface area contributed by atoms with E-state index in [1.165, 1.54) is 0 Å². The number of anilines is 1. The van der Waals surface area contributed by atoms with Gasteiger partial charge in [-0.25, -0.2) is 0 Å². The fourth-order valence-corrected chi connectivity index (χ4v) is 2.70. The van der Waals surface area contributed by atoms with Crippen LogP contribution in [-0.4, -0.2) is 23.5 Å². The third kappa shape index (κ3) is 1.60. The first-order valence-electron chi connectivity index (χ1n) is 6.31. The van der Waals surface area contributed by atoms with Crippen molar-refractivity contribution in [3.63, 3.8) is 0 Å². The van der Waals surface area contributed by atoms with Gasteiger partial charge < -0.3 is 10.0 Å². The SMILES string of the molecule is O=C(O)[C@H]1CN(C(=O)C2CCC2)c2ccccc21. The summed E-state index contributed by atoms with van der Waals surface area (Å²) in [5, 5.41) is 9.23. The molecule has 1 aromatic rings. The van der Waals surface area contributed by atoms with E-state index in [9.17, 15) is 14.7 Å². The molecule has 0 unspecified atom stereocenters. The van der Waals surface area contributed by atoms with Crippen molar-refractivity contribution in [1.29, 1.82) is 0 Å². The summed E-state index contributed by atoms with van der Waals surface area (Å²) in [7, 11) is 0. The molecule has 1 aliphatic carbocycles. The normalized spacial score (nSPS) is 22.4. The summed E-state index contributed by atoms with van der Waals surface area (Å²) in [6.45, 7) is 0.282. The number of hydrogen-bond acceptors (Lipinski definition) is 2. The predicted molar refractivity (Wildman–Crippen MR) is 66.5 cm³/mol. The van der Waals surface area contributed by atoms with E-state index in [0.717, 1.165) is 30.5 Å². The lowest BCUT2D eigenvalue weighted by Gasteiger charge is -2.29. The van der Waals surface area contributed by atoms with Gasteiger partial charge in [0, 0.05) is 18.2 Å². The van der Waals surface area contributed by atoms with Crippen molar-refractivity contribution < 1.29 is 14.7 Å². The van der Waals surface area contributed by atoms with Crippen molar-refractivity contribution in [2.24, 2.45) is 5.92 Å². The van der Waals surface area contributed by atoms with Crippen LogP contribution in [0, 0.1) is 5.92 Å². The van der Waals surface area contributed by atoms with Gasteiger partial charge in [0.05, 0.1) is 0 Å². The Bertz CT molecular complexity index is 508. The summed E-state index contributed by atoms with van der Waals surface area (Å²) >= 11 is 0. The summed E-state index contributed by atoms with van der Waals surface area (Å²) in [5.41, 5.74) is 1.54. The predicted octanol–water partition coefficient (Wildman–Crippen LogP) is 2.00. The molecule has 0 saturated heterocycles. The fraction of sp³-hybridized carbons (Fsp3) is 0.429. The summed E-state index contributed by atoms with van der Waals surface area (Å²) in [5.74, 6) is -1.24. The highest BCUT2D eigenvalue weighted by Gasteiger charge is 2.39. The smallest absolute Gasteiger partial charge is 0.312 e. The maximum absolute atomic E-state index is 12.3. The quantitative estimate of drug-likeness (QED) is 0.867. The second-order valence-electron chi connectivity index (χ2n) is 5.03. The molecule has 0 spiro atoms. The Hall–Kier alpha value is -1.84. The van der Waals surface area contributed by atoms with Crippen molar-refractivity contribution >= 4 is 17.6 Å². The van der Waals surface area contributed by atoms with Crippen molar-refractivity contribution in [2.45, 2.75) is 25.2 Å². The number of carbonyl (C=O) groups is 2. The molecule has 1 amide bonds. The highest BCUT2D eigenvalue weighted by atomic mass is 16.4. The Morgan fingerprint density at radius 2 is 1.94 bits per heavy atom. The molecule has 18 heavy (non-hydrogen) atoms. The first kappa shape index (κ1) is 11.3. The van der Waals surface area contributed by atoms with Crippen LogP contribution in [0.1, 0.15) is 30.7 Å². The second-order valence-corrected chi connectivity index (χ2v) is 5.03. The van der Waals surface area contributed by atoms with Crippen LogP contribution >= 0.6 is 0 Å². The lowest BCUT2D eigenvalue weighted by molar-refractivity contribution is -0.138. The van der Waals surface area contributed by atoms with Gasteiger partial charge in [-0.05, 0) is 24.5 Å². The van der Waals surface area contributed by atoms with Crippen LogP contribution in [0.2, 0.25) is 0 Å². The Morgan fingerprint density at radius 1 is 1.22 bits per heavy atom. The Kier molecular flexibility index (Phi) is 2.58. The van der Waals surface area contributed by atoms with E-state index in [-0.39, 0.29) is 18.4 Å². The minimum absolute atomic E-state index is 0.0949. The lowest BCUT2D eigenvalue weighted by Crippen LogP contribution is -2.38. The van der Waals surface area contributed by atoms with Crippen LogP contribution in [-0.2, 0) is 9.59 Å². The van der Waals surface area contributed by atoms with E-state index in [2.05, 4.69) is 0 Å². The summed E-state index contributed by atoms with van der Waals surface area (Å²) in [4.78, 5) is 25.2. The van der Waals surface area contributed by atoms with Crippen molar-refractivity contribution in [3.8, 4) is 0 Å². The van der Waals surface area contributed by atoms with Crippen LogP contribution in [0.25, 0.3) is 0 Å². The van der Waals surface area contributed by atoms with Crippen LogP contribution in [0.3, 0.4) is 0 Å². The Morgan fingerprint density at radius 3 is 2.56 bits per heavy atom. The second kappa shape index (κ2) is 4.12. The molecule has 4 nitrogen and oxygen atoms in total. The highest BCUT2D eigenvalue weighted by molar-refractivity contribution is 6.00. The standard InChI is InChI=1S/C14H15NO3/c16-13(9-4-3-5-9)15-8-11(14(17)18)10-6-1-2-7-12(10)15/h1-2,6-7,9,11H,3-5,8H2,(H,17,18)/t11-/m0/s1. The zero-order valence-corrected chi connectivity index (χ0v) is 10.0. The topological polar surface area (TPSA) is 57.6 Å². The molecule has 2 aliphatic rings. The third-order valence-electron chi connectivity index (χ3n) is 3.99. The van der Waals surface area contributed by atoms with E-state index in [1.807, 2.05) is 24.3 Å². The average Bonchev–Trinajstić information content (AvgIpc) is 2.66. The third-order valence-corrected chi connectivity index (χ3v) is 3.99. The number of carboxylic acids is 1. The summed E-state index contributed by atoms with van der Waals surface area (Å²) in [6.07, 6.45) is 2.98. The lowest BCUT2D eigenvalue weighted by atomic mass is 9.84. The van der Waals surface area contributed by atoms with E-state index >= 15 is 0 Å². The van der Waals surface area contributed by atoms with Crippen molar-refractivity contribution in [1.82, 2.24) is 0 Å². The molecule has 1 aromatic carbocycles. The number of benzene rings is 1. The molecular formula is C14H15NO3. The number of fused-ring (bicyclic) bond motifs is 1. The number of carbonyl (C=O) groups excluding carboxylic acids is 1. The van der Waals surface area contributed by atoms with Crippen molar-refractivity contribution in [2.75, 3.05) is 11.4 Å². The Balaban J connectivity index is 1.94. The van der Waals surface area contributed by atoms with Gasteiger partial charge in [-0.3, -0.25) is 9.59 Å². The average molecular weight is 245 g/mol. The molecule has 1 saturated carbocycles. The highest BCUT2D eigenvalue weighted by Crippen LogP contribution is 2.39. The minimum atomic E-state index is -0.855. The Labute approximate surface area is 105 Å². The molecule has 3 rings (SSSR count). The molecule has 1 N–H and O–H groups in total. The zero-order valence-electron chi connectivity index (χ0n) is 10.0. The maximum atomic E-state index is 12.3. The molecule has 1 aliphatic heterocycles. The minimum Gasteiger partial charge on any atom is -0.481 e. The molecule has 1 fully saturated rings. The molecule has 1 atom stereocenters. The first-order chi connectivity index (χ1) is 8.68. The van der Waals surface area contributed by atoms with E-state index < -0.39 is 11.9 Å². The number of aliphatic carboxylic acids is 1. The molecule has 4 heteroatoms. The first-order valence-corrected chi connectivity index (χ1v) is 6.31. The number of rotatable bonds is 2. The van der Waals surface area contributed by atoms with E-state index in [4.69, 9.17) is 0 Å². The van der Waals surface area contributed by atoms with E-state index in [1.54, 1.807) is 4.90 Å². The van der Waals surface area contributed by atoms with Crippen LogP contribution in [0.15, 0.2) is 24.3 Å². The van der Waals surface area contributed by atoms with Crippen LogP contribution in [0.5, 0.6) is 0 Å². The molecule has 94 valence electrons. The molecule has 1 heterocycles. The number of nitrogens with zero attached hydrogens (tertiary/aromatic N) is 1. The molecule has 0 radical (unpaired) electrons. The maximum Gasteiger partial charge on any atom is 0.312 e. The van der Waals surface area contributed by atoms with Gasteiger partial charge in [0.1, 0.15) is 5.92 Å². The van der Waals surface area contributed by atoms with Gasteiger partial charge in [0.15, 0.2) is 0 Å². The van der Waals surface area contributed by atoms with Crippen LogP contribution < -0.4 is 4.90 Å². The van der Waals surface area contributed by atoms with Gasteiger partial charge in [-0.15, -0.1) is 0 Å². The van der Waals surface area contributed by atoms with Crippen LogP contribution in [0.4, 0.5) is 5.69 Å². The molecular weight excluding hydrogens is 230 g/mol. The zero-order chi connectivity index (χ0) is 12.7. The largest absolute Gasteiger partial charge is 0.481 e. The van der Waals surface area contributed by atoms with Crippen molar-refractivity contribution in [3.05, 3.63) is 29.8 Å². The number of carboxylic acid groups (broad SMARTS) is 1. The van der Waals surface area contributed by atoms with Gasteiger partial charge in [0.2, 0.25) is 5.91 Å². The monoisotopic (exact) mass is 245 g/mol. The summed E-state index contributed by atoms with van der Waals surface area (Å²) < 4.78 is 0. The van der Waals surface area contributed by atoms with Gasteiger partial charge in [-0.1, -0.05) is 24.6 Å². The number of amides is 1.